The van der Waals surface area contributed by atoms with Gasteiger partial charge < -0.3 is 16.0 Å². The van der Waals surface area contributed by atoms with Crippen LogP contribution in [0, 0.1) is 0 Å². The number of amides is 3. The summed E-state index contributed by atoms with van der Waals surface area (Å²) in [7, 11) is 0. The van der Waals surface area contributed by atoms with Crippen LogP contribution in [0.15, 0.2) is 132 Å². The van der Waals surface area contributed by atoms with Gasteiger partial charge in [0.05, 0.1) is 5.75 Å². The van der Waals surface area contributed by atoms with Gasteiger partial charge in [-0.25, -0.2) is 0 Å². The third-order valence-electron chi connectivity index (χ3n) is 6.71. The average Bonchev–Trinajstić information content (AvgIpc) is 3.05. The molecule has 44 heavy (non-hydrogen) atoms. The highest BCUT2D eigenvalue weighted by molar-refractivity contribution is 8.00. The number of fused-ring (bicyclic) bond motifs is 1. The molecule has 3 amide bonds. The predicted octanol–water partition coefficient (Wildman–Crippen LogP) is 7.18. The van der Waals surface area contributed by atoms with Gasteiger partial charge in [-0.05, 0) is 90.0 Å². The summed E-state index contributed by atoms with van der Waals surface area (Å²) in [6.07, 6.45) is 1.68. The maximum atomic E-state index is 13.5. The molecule has 0 aromatic heterocycles. The van der Waals surface area contributed by atoms with E-state index in [0.717, 1.165) is 21.2 Å². The average molecular weight is 600 g/mol. The van der Waals surface area contributed by atoms with E-state index in [9.17, 15) is 19.2 Å². The van der Waals surface area contributed by atoms with Gasteiger partial charge in [-0.15, -0.1) is 11.8 Å². The summed E-state index contributed by atoms with van der Waals surface area (Å²) in [5.74, 6) is -0.902. The number of rotatable bonds is 10. The summed E-state index contributed by atoms with van der Waals surface area (Å²) in [6, 6.07) is 36.2. The summed E-state index contributed by atoms with van der Waals surface area (Å²) in [5, 5.41) is 10.4. The zero-order valence-corrected chi connectivity index (χ0v) is 24.7. The molecule has 8 heteroatoms. The Kier molecular flexibility index (Phi) is 9.64. The van der Waals surface area contributed by atoms with Crippen molar-refractivity contribution in [3.8, 4) is 0 Å². The summed E-state index contributed by atoms with van der Waals surface area (Å²) in [4.78, 5) is 51.2. The molecule has 5 rings (SSSR count). The Morgan fingerprint density at radius 1 is 0.659 bits per heavy atom. The quantitative estimate of drug-likeness (QED) is 0.0896. The number of benzene rings is 5. The van der Waals surface area contributed by atoms with Crippen molar-refractivity contribution in [2.45, 2.75) is 11.8 Å². The van der Waals surface area contributed by atoms with Crippen LogP contribution < -0.4 is 16.0 Å². The van der Waals surface area contributed by atoms with E-state index in [1.54, 1.807) is 66.7 Å². The van der Waals surface area contributed by atoms with Gasteiger partial charge in [0.25, 0.3) is 11.8 Å². The summed E-state index contributed by atoms with van der Waals surface area (Å²) in [6.45, 7) is 1.49. The normalized spacial score (nSPS) is 11.1. The summed E-state index contributed by atoms with van der Waals surface area (Å²) < 4.78 is 0. The molecule has 5 aromatic carbocycles. The van der Waals surface area contributed by atoms with E-state index in [2.05, 4.69) is 16.0 Å². The molecule has 0 unspecified atom stereocenters. The van der Waals surface area contributed by atoms with Gasteiger partial charge in [0, 0.05) is 27.4 Å². The van der Waals surface area contributed by atoms with Crippen LogP contribution in [0.1, 0.15) is 33.2 Å². The van der Waals surface area contributed by atoms with E-state index in [0.29, 0.717) is 22.5 Å². The maximum Gasteiger partial charge on any atom is 0.272 e. The summed E-state index contributed by atoms with van der Waals surface area (Å²) in [5.41, 5.74) is 3.06. The molecular weight excluding hydrogens is 570 g/mol. The third kappa shape index (κ3) is 7.87. The van der Waals surface area contributed by atoms with Crippen molar-refractivity contribution >= 4 is 63.5 Å². The predicted molar refractivity (Wildman–Crippen MR) is 177 cm³/mol. The van der Waals surface area contributed by atoms with E-state index in [-0.39, 0.29) is 23.1 Å². The van der Waals surface area contributed by atoms with Gasteiger partial charge in [0.15, 0.2) is 5.78 Å². The molecule has 0 aliphatic heterocycles. The van der Waals surface area contributed by atoms with Gasteiger partial charge in [-0.3, -0.25) is 19.2 Å². The van der Waals surface area contributed by atoms with E-state index in [1.165, 1.54) is 18.7 Å². The van der Waals surface area contributed by atoms with Crippen molar-refractivity contribution in [2.24, 2.45) is 0 Å². The molecule has 0 aliphatic rings. The minimum Gasteiger partial charge on any atom is -0.325 e. The molecule has 7 nitrogen and oxygen atoms in total. The molecule has 0 atom stereocenters. The first kappa shape index (κ1) is 30.0. The number of Topliss-reactive ketones (excluding diaryl/α,β-unsaturated/α-hetero) is 1. The summed E-state index contributed by atoms with van der Waals surface area (Å²) >= 11 is 1.35. The van der Waals surface area contributed by atoms with E-state index >= 15 is 0 Å². The number of anilines is 2. The molecule has 0 aliphatic carbocycles. The fourth-order valence-electron chi connectivity index (χ4n) is 4.44. The lowest BCUT2D eigenvalue weighted by atomic mass is 10.0. The highest BCUT2D eigenvalue weighted by atomic mass is 32.2. The van der Waals surface area contributed by atoms with Gasteiger partial charge >= 0.3 is 0 Å². The standard InChI is InChI=1S/C36H29N3O4S/c1-24(40)25-14-16-29(17-15-25)37-34(41)23-44-31-20-18-30(19-21-31)38-36(43)33(39-35(42)27-9-3-2-4-10-27)22-28-12-7-11-26-8-5-6-13-32(26)28/h2-22H,23H2,1H3,(H,37,41)(H,38,43)(H,39,42)/b33-22-. The Morgan fingerprint density at radius 2 is 1.30 bits per heavy atom. The topological polar surface area (TPSA) is 104 Å². The van der Waals surface area contributed by atoms with Crippen LogP contribution >= 0.6 is 11.8 Å². The number of hydrogen-bond donors (Lipinski definition) is 3. The zero-order chi connectivity index (χ0) is 30.9. The molecule has 0 bridgehead atoms. The fraction of sp³-hybridized carbons (Fsp3) is 0.0556. The Bertz CT molecular complexity index is 1850. The molecule has 0 heterocycles. The van der Waals surface area contributed by atoms with E-state index in [1.807, 2.05) is 60.7 Å². The molecule has 5 aromatic rings. The lowest BCUT2D eigenvalue weighted by Gasteiger charge is -2.12. The van der Waals surface area contributed by atoms with Crippen LogP contribution in [0.3, 0.4) is 0 Å². The van der Waals surface area contributed by atoms with Crippen molar-refractivity contribution in [3.05, 3.63) is 144 Å². The van der Waals surface area contributed by atoms with E-state index in [4.69, 9.17) is 0 Å². The number of hydrogen-bond acceptors (Lipinski definition) is 5. The van der Waals surface area contributed by atoms with E-state index < -0.39 is 11.8 Å². The molecule has 0 saturated heterocycles. The van der Waals surface area contributed by atoms with Crippen molar-refractivity contribution in [2.75, 3.05) is 16.4 Å². The molecule has 0 spiro atoms. The van der Waals surface area contributed by atoms with Gasteiger partial charge in [-0.2, -0.15) is 0 Å². The van der Waals surface area contributed by atoms with Gasteiger partial charge in [0.1, 0.15) is 5.70 Å². The van der Waals surface area contributed by atoms with Crippen LogP contribution in [0.25, 0.3) is 16.8 Å². The van der Waals surface area contributed by atoms with Crippen molar-refractivity contribution in [1.82, 2.24) is 5.32 Å². The second-order valence-corrected chi connectivity index (χ2v) is 10.9. The Morgan fingerprint density at radius 3 is 2.02 bits per heavy atom. The third-order valence-corrected chi connectivity index (χ3v) is 7.72. The number of nitrogens with one attached hydrogen (secondary N) is 3. The van der Waals surface area contributed by atoms with Crippen LogP contribution in [0.4, 0.5) is 11.4 Å². The second kappa shape index (κ2) is 14.1. The molecule has 218 valence electrons. The van der Waals surface area contributed by atoms with Crippen molar-refractivity contribution in [1.29, 1.82) is 0 Å². The Balaban J connectivity index is 1.26. The molecule has 0 radical (unpaired) electrons. The Labute approximate surface area is 259 Å². The van der Waals surface area contributed by atoms with Crippen molar-refractivity contribution < 1.29 is 19.2 Å². The van der Waals surface area contributed by atoms with Crippen LogP contribution in [-0.4, -0.2) is 29.3 Å². The first-order valence-corrected chi connectivity index (χ1v) is 14.9. The smallest absolute Gasteiger partial charge is 0.272 e. The number of thioether (sulfide) groups is 1. The molecule has 0 fully saturated rings. The van der Waals surface area contributed by atoms with Gasteiger partial charge in [0.2, 0.25) is 5.91 Å². The number of carbonyl (C=O) groups excluding carboxylic acids is 4. The largest absolute Gasteiger partial charge is 0.325 e. The molecule has 0 saturated carbocycles. The minimum atomic E-state index is -0.474. The molecular formula is C36H29N3O4S. The highest BCUT2D eigenvalue weighted by Crippen LogP contribution is 2.23. The van der Waals surface area contributed by atoms with Crippen LogP contribution in [0.5, 0.6) is 0 Å². The van der Waals surface area contributed by atoms with Gasteiger partial charge in [-0.1, -0.05) is 60.7 Å². The molecule has 3 N–H and O–H groups in total. The first-order chi connectivity index (χ1) is 21.4. The lowest BCUT2D eigenvalue weighted by Crippen LogP contribution is -2.30. The Hall–Kier alpha value is -5.47. The van der Waals surface area contributed by atoms with Crippen LogP contribution in [-0.2, 0) is 9.59 Å². The first-order valence-electron chi connectivity index (χ1n) is 13.9. The maximum absolute atomic E-state index is 13.5. The minimum absolute atomic E-state index is 0.0351. The fourth-order valence-corrected chi connectivity index (χ4v) is 5.14. The monoisotopic (exact) mass is 599 g/mol. The number of ketones is 1. The second-order valence-electron chi connectivity index (χ2n) is 9.90. The van der Waals surface area contributed by atoms with Crippen LogP contribution in [0.2, 0.25) is 0 Å². The highest BCUT2D eigenvalue weighted by Gasteiger charge is 2.16. The zero-order valence-electron chi connectivity index (χ0n) is 23.9. The number of carbonyl (C=O) groups is 4. The SMILES string of the molecule is CC(=O)c1ccc(NC(=O)CSc2ccc(NC(=O)/C(=C/c3cccc4ccccc34)NC(=O)c3ccccc3)cc2)cc1. The van der Waals surface area contributed by atoms with Crippen molar-refractivity contribution in [3.63, 3.8) is 0 Å². The lowest BCUT2D eigenvalue weighted by molar-refractivity contribution is -0.114.